The molecule has 2 aliphatic rings. The lowest BCUT2D eigenvalue weighted by Gasteiger charge is -2.15. The summed E-state index contributed by atoms with van der Waals surface area (Å²) in [5, 5.41) is 5.18. The second kappa shape index (κ2) is 13.3. The molecule has 262 valence electrons. The van der Waals surface area contributed by atoms with E-state index in [0.29, 0.717) is 0 Å². The van der Waals surface area contributed by atoms with Crippen LogP contribution in [0.1, 0.15) is 28.8 Å². The summed E-state index contributed by atoms with van der Waals surface area (Å²) in [5.41, 5.74) is 18.3. The van der Waals surface area contributed by atoms with E-state index in [9.17, 15) is 0 Å². The third-order valence-electron chi connectivity index (χ3n) is 11.6. The molecule has 0 amide bonds. The Morgan fingerprint density at radius 1 is 0.357 bits per heavy atom. The highest BCUT2D eigenvalue weighted by molar-refractivity contribution is 6.07. The quantitative estimate of drug-likeness (QED) is 0.172. The van der Waals surface area contributed by atoms with E-state index in [-0.39, 0.29) is 0 Å². The lowest BCUT2D eigenvalue weighted by Crippen LogP contribution is -1.98. The van der Waals surface area contributed by atoms with E-state index in [2.05, 4.69) is 170 Å². The molecule has 2 aliphatic carbocycles. The first-order valence-corrected chi connectivity index (χ1v) is 19.4. The first-order chi connectivity index (χ1) is 27.7. The Hall–Kier alpha value is -7.16. The lowest BCUT2D eigenvalue weighted by atomic mass is 9.88. The fraction of sp³-hybridized carbons (Fsp3) is 0.0370. The second-order valence-electron chi connectivity index (χ2n) is 14.9. The lowest BCUT2D eigenvalue weighted by molar-refractivity contribution is 1.14. The van der Waals surface area contributed by atoms with Crippen molar-refractivity contribution in [1.82, 2.24) is 9.97 Å². The predicted octanol–water partition coefficient (Wildman–Crippen LogP) is 13.9. The van der Waals surface area contributed by atoms with Crippen LogP contribution in [0.5, 0.6) is 0 Å². The molecule has 0 N–H and O–H groups in total. The zero-order chi connectivity index (χ0) is 37.0. The topological polar surface area (TPSA) is 25.8 Å². The van der Waals surface area contributed by atoms with Gasteiger partial charge in [-0.3, -0.25) is 0 Å². The van der Waals surface area contributed by atoms with Crippen LogP contribution in [-0.2, 0) is 6.42 Å². The number of hydrogen-bond acceptors (Lipinski definition) is 2. The minimum atomic E-state index is 0.745. The number of nitrogens with zero attached hydrogens (tertiary/aromatic N) is 2. The van der Waals surface area contributed by atoms with Crippen molar-refractivity contribution in [2.45, 2.75) is 12.8 Å². The largest absolute Gasteiger partial charge is 0.228 e. The maximum absolute atomic E-state index is 5.09. The van der Waals surface area contributed by atoms with E-state index < -0.39 is 0 Å². The highest BCUT2D eigenvalue weighted by atomic mass is 14.9. The molecule has 0 saturated heterocycles. The molecule has 0 saturated carbocycles. The SMILES string of the molecule is C1=C(c2ccc(-c3cc4c(c5ccccc35)Cc3cccc(-c5ccc6ccccc6c5)c3-4)cc2)CC(c2cc(-c3ccccc3)nc(-c3ccccc3)n2)=C1. The fourth-order valence-electron chi connectivity index (χ4n) is 8.79. The molecular weight excluding hydrogens is 677 g/mol. The van der Waals surface area contributed by atoms with E-state index >= 15 is 0 Å². The van der Waals surface area contributed by atoms with Gasteiger partial charge in [-0.05, 0) is 107 Å². The number of hydrogen-bond donors (Lipinski definition) is 0. The Bertz CT molecular complexity index is 2990. The molecule has 1 aromatic heterocycles. The fourth-order valence-corrected chi connectivity index (χ4v) is 8.79. The van der Waals surface area contributed by atoms with Gasteiger partial charge in [0.2, 0.25) is 0 Å². The molecular formula is C54H36N2. The monoisotopic (exact) mass is 712 g/mol. The number of fused-ring (bicyclic) bond motifs is 6. The molecule has 2 nitrogen and oxygen atoms in total. The van der Waals surface area contributed by atoms with Crippen LogP contribution in [-0.4, -0.2) is 9.97 Å². The number of rotatable bonds is 6. The molecule has 0 atom stereocenters. The van der Waals surface area contributed by atoms with Crippen molar-refractivity contribution in [3.8, 4) is 56.0 Å². The zero-order valence-electron chi connectivity index (χ0n) is 30.8. The molecule has 1 heterocycles. The van der Waals surface area contributed by atoms with E-state index in [4.69, 9.17) is 9.97 Å². The van der Waals surface area contributed by atoms with Gasteiger partial charge in [0.15, 0.2) is 5.82 Å². The molecule has 0 aliphatic heterocycles. The van der Waals surface area contributed by atoms with Crippen LogP contribution in [0.15, 0.2) is 194 Å². The van der Waals surface area contributed by atoms with Gasteiger partial charge in [0.1, 0.15) is 0 Å². The molecule has 11 rings (SSSR count). The summed E-state index contributed by atoms with van der Waals surface area (Å²) in [5.74, 6) is 0.745. The standard InChI is InChI=1S/C54H36N2/c1-3-13-38(14-4-1)51-34-52(56-54(55-51)39-15-5-2-6-16-39)43-29-27-41(31-43)36-22-25-37(26-23-36)48-33-50-49(47-20-10-9-19-46(47)48)32-44-18-11-21-45(53(44)50)42-28-24-35-12-7-8-17-40(35)30-42/h1-30,33-34H,31-32H2. The normalized spacial score (nSPS) is 13.1. The second-order valence-corrected chi connectivity index (χ2v) is 14.9. The first kappa shape index (κ1) is 32.3. The summed E-state index contributed by atoms with van der Waals surface area (Å²) in [6.45, 7) is 0. The summed E-state index contributed by atoms with van der Waals surface area (Å²) >= 11 is 0. The van der Waals surface area contributed by atoms with Gasteiger partial charge >= 0.3 is 0 Å². The van der Waals surface area contributed by atoms with Gasteiger partial charge in [-0.2, -0.15) is 0 Å². The van der Waals surface area contributed by atoms with Gasteiger partial charge in [-0.1, -0.05) is 176 Å². The van der Waals surface area contributed by atoms with Gasteiger partial charge in [-0.25, -0.2) is 9.97 Å². The summed E-state index contributed by atoms with van der Waals surface area (Å²) < 4.78 is 0. The first-order valence-electron chi connectivity index (χ1n) is 19.4. The van der Waals surface area contributed by atoms with E-state index in [1.807, 2.05) is 24.3 Å². The number of aromatic nitrogens is 2. The zero-order valence-corrected chi connectivity index (χ0v) is 30.8. The summed E-state index contributed by atoms with van der Waals surface area (Å²) in [7, 11) is 0. The Labute approximate surface area is 326 Å². The molecule has 0 radical (unpaired) electrons. The molecule has 0 unspecified atom stereocenters. The average molecular weight is 713 g/mol. The van der Waals surface area contributed by atoms with E-state index in [1.54, 1.807) is 0 Å². The smallest absolute Gasteiger partial charge is 0.160 e. The Morgan fingerprint density at radius 2 is 1.02 bits per heavy atom. The van der Waals surface area contributed by atoms with Crippen LogP contribution in [0.2, 0.25) is 0 Å². The van der Waals surface area contributed by atoms with Crippen molar-refractivity contribution in [3.05, 3.63) is 217 Å². The number of allylic oxidation sites excluding steroid dienone is 4. The third-order valence-corrected chi connectivity index (χ3v) is 11.6. The van der Waals surface area contributed by atoms with Crippen molar-refractivity contribution in [3.63, 3.8) is 0 Å². The van der Waals surface area contributed by atoms with Gasteiger partial charge in [0, 0.05) is 17.5 Å². The van der Waals surface area contributed by atoms with Crippen molar-refractivity contribution in [2.75, 3.05) is 0 Å². The van der Waals surface area contributed by atoms with Crippen molar-refractivity contribution in [2.24, 2.45) is 0 Å². The summed E-state index contributed by atoms with van der Waals surface area (Å²) in [4.78, 5) is 10.1. The highest BCUT2D eigenvalue weighted by Gasteiger charge is 2.26. The Kier molecular flexibility index (Phi) is 7.67. The Balaban J connectivity index is 0.932. The van der Waals surface area contributed by atoms with Crippen LogP contribution in [0, 0.1) is 0 Å². The van der Waals surface area contributed by atoms with E-state index in [1.165, 1.54) is 82.8 Å². The van der Waals surface area contributed by atoms with Crippen molar-refractivity contribution < 1.29 is 0 Å². The van der Waals surface area contributed by atoms with Crippen molar-refractivity contribution >= 4 is 32.7 Å². The molecule has 9 aromatic rings. The summed E-state index contributed by atoms with van der Waals surface area (Å²) in [6, 6.07) is 65.7. The van der Waals surface area contributed by atoms with Gasteiger partial charge < -0.3 is 0 Å². The van der Waals surface area contributed by atoms with Crippen LogP contribution in [0.25, 0.3) is 88.7 Å². The highest BCUT2D eigenvalue weighted by Crippen LogP contribution is 2.48. The average Bonchev–Trinajstić information content (AvgIpc) is 3.93. The molecule has 2 heteroatoms. The molecule has 56 heavy (non-hydrogen) atoms. The molecule has 0 fully saturated rings. The predicted molar refractivity (Wildman–Crippen MR) is 234 cm³/mol. The van der Waals surface area contributed by atoms with Gasteiger partial charge in [0.05, 0.1) is 11.4 Å². The van der Waals surface area contributed by atoms with Crippen LogP contribution in [0.4, 0.5) is 0 Å². The van der Waals surface area contributed by atoms with Crippen LogP contribution in [0.3, 0.4) is 0 Å². The van der Waals surface area contributed by atoms with Crippen LogP contribution < -0.4 is 0 Å². The van der Waals surface area contributed by atoms with Crippen molar-refractivity contribution in [1.29, 1.82) is 0 Å². The third kappa shape index (κ3) is 5.58. The van der Waals surface area contributed by atoms with Gasteiger partial charge in [0.25, 0.3) is 0 Å². The minimum absolute atomic E-state index is 0.745. The minimum Gasteiger partial charge on any atom is -0.228 e. The van der Waals surface area contributed by atoms with Gasteiger partial charge in [-0.15, -0.1) is 0 Å². The Morgan fingerprint density at radius 3 is 1.84 bits per heavy atom. The maximum Gasteiger partial charge on any atom is 0.160 e. The maximum atomic E-state index is 5.09. The molecule has 0 bridgehead atoms. The summed E-state index contributed by atoms with van der Waals surface area (Å²) in [6.07, 6.45) is 6.25. The van der Waals surface area contributed by atoms with Crippen LogP contribution >= 0.6 is 0 Å². The molecule has 8 aromatic carbocycles. The number of benzene rings is 8. The molecule has 0 spiro atoms. The van der Waals surface area contributed by atoms with E-state index in [0.717, 1.165) is 41.2 Å².